The van der Waals surface area contributed by atoms with Gasteiger partial charge in [0, 0.05) is 36.7 Å². The SMILES string of the molecule is COc1ccccc1COC1CCN(c2ccncc2C)CC1. The van der Waals surface area contributed by atoms with Gasteiger partial charge >= 0.3 is 0 Å². The third-order valence-electron chi connectivity index (χ3n) is 4.44. The Morgan fingerprint density at radius 2 is 1.96 bits per heavy atom. The second-order valence-electron chi connectivity index (χ2n) is 5.97. The number of nitrogens with zero attached hydrogens (tertiary/aromatic N) is 2. The van der Waals surface area contributed by atoms with Gasteiger partial charge in [-0.3, -0.25) is 4.98 Å². The number of aromatic nitrogens is 1. The number of hydrogen-bond acceptors (Lipinski definition) is 4. The van der Waals surface area contributed by atoms with Crippen LogP contribution in [0.25, 0.3) is 0 Å². The Bertz CT molecular complexity index is 637. The quantitative estimate of drug-likeness (QED) is 0.845. The zero-order chi connectivity index (χ0) is 16.1. The van der Waals surface area contributed by atoms with E-state index in [1.165, 1.54) is 11.3 Å². The Kier molecular flexibility index (Phi) is 5.13. The highest BCUT2D eigenvalue weighted by Gasteiger charge is 2.21. The monoisotopic (exact) mass is 312 g/mol. The average Bonchev–Trinajstić information content (AvgIpc) is 2.61. The highest BCUT2D eigenvalue weighted by molar-refractivity contribution is 5.51. The molecule has 1 aliphatic rings. The van der Waals surface area contributed by atoms with Gasteiger partial charge in [-0.25, -0.2) is 0 Å². The molecule has 0 amide bonds. The smallest absolute Gasteiger partial charge is 0.124 e. The number of methoxy groups -OCH3 is 1. The van der Waals surface area contributed by atoms with Crippen LogP contribution in [0.1, 0.15) is 24.0 Å². The molecule has 2 aromatic rings. The summed E-state index contributed by atoms with van der Waals surface area (Å²) in [6.07, 6.45) is 6.22. The van der Waals surface area contributed by atoms with Crippen molar-refractivity contribution in [3.63, 3.8) is 0 Å². The fourth-order valence-corrected chi connectivity index (χ4v) is 3.11. The first kappa shape index (κ1) is 15.8. The van der Waals surface area contributed by atoms with E-state index in [-0.39, 0.29) is 0 Å². The van der Waals surface area contributed by atoms with E-state index in [2.05, 4.69) is 28.9 Å². The van der Waals surface area contributed by atoms with E-state index in [1.807, 2.05) is 30.6 Å². The minimum Gasteiger partial charge on any atom is -0.496 e. The van der Waals surface area contributed by atoms with Gasteiger partial charge in [-0.15, -0.1) is 0 Å². The molecule has 0 bridgehead atoms. The molecule has 0 aliphatic carbocycles. The lowest BCUT2D eigenvalue weighted by atomic mass is 10.1. The second kappa shape index (κ2) is 7.47. The average molecular weight is 312 g/mol. The van der Waals surface area contributed by atoms with E-state index in [0.717, 1.165) is 37.2 Å². The molecule has 1 aromatic carbocycles. The molecular formula is C19H24N2O2. The molecule has 0 N–H and O–H groups in total. The summed E-state index contributed by atoms with van der Waals surface area (Å²) >= 11 is 0. The molecule has 0 saturated carbocycles. The summed E-state index contributed by atoms with van der Waals surface area (Å²) in [5.41, 5.74) is 3.64. The number of aryl methyl sites for hydroxylation is 1. The molecule has 1 saturated heterocycles. The lowest BCUT2D eigenvalue weighted by Gasteiger charge is -2.34. The molecular weight excluding hydrogens is 288 g/mol. The van der Waals surface area contributed by atoms with Crippen molar-refractivity contribution < 1.29 is 9.47 Å². The molecule has 0 atom stereocenters. The predicted molar refractivity (Wildman–Crippen MR) is 92.0 cm³/mol. The van der Waals surface area contributed by atoms with E-state index in [9.17, 15) is 0 Å². The van der Waals surface area contributed by atoms with Gasteiger partial charge in [-0.1, -0.05) is 18.2 Å². The van der Waals surface area contributed by atoms with Gasteiger partial charge in [0.1, 0.15) is 5.75 Å². The van der Waals surface area contributed by atoms with Gasteiger partial charge in [0.05, 0.1) is 19.8 Å². The van der Waals surface area contributed by atoms with E-state index in [4.69, 9.17) is 9.47 Å². The van der Waals surface area contributed by atoms with Crippen molar-refractivity contribution >= 4 is 5.69 Å². The number of para-hydroxylation sites is 1. The van der Waals surface area contributed by atoms with Crippen LogP contribution in [0.3, 0.4) is 0 Å². The lowest BCUT2D eigenvalue weighted by molar-refractivity contribution is 0.0242. The molecule has 23 heavy (non-hydrogen) atoms. The van der Waals surface area contributed by atoms with E-state index < -0.39 is 0 Å². The van der Waals surface area contributed by atoms with Crippen molar-refractivity contribution in [3.05, 3.63) is 53.9 Å². The van der Waals surface area contributed by atoms with Crippen LogP contribution in [0.15, 0.2) is 42.7 Å². The minimum absolute atomic E-state index is 0.318. The first-order valence-corrected chi connectivity index (χ1v) is 8.17. The van der Waals surface area contributed by atoms with Crippen molar-refractivity contribution in [2.45, 2.75) is 32.5 Å². The fraction of sp³-hybridized carbons (Fsp3) is 0.421. The summed E-state index contributed by atoms with van der Waals surface area (Å²) in [6.45, 7) is 4.79. The minimum atomic E-state index is 0.318. The topological polar surface area (TPSA) is 34.6 Å². The molecule has 0 radical (unpaired) electrons. The van der Waals surface area contributed by atoms with Crippen LogP contribution in [0.5, 0.6) is 5.75 Å². The van der Waals surface area contributed by atoms with E-state index >= 15 is 0 Å². The lowest BCUT2D eigenvalue weighted by Crippen LogP contribution is -2.37. The van der Waals surface area contributed by atoms with Crippen molar-refractivity contribution in [3.8, 4) is 5.75 Å². The van der Waals surface area contributed by atoms with Crippen molar-refractivity contribution in [2.24, 2.45) is 0 Å². The van der Waals surface area contributed by atoms with Gasteiger partial charge in [0.15, 0.2) is 0 Å². The van der Waals surface area contributed by atoms with Crippen LogP contribution in [-0.4, -0.2) is 31.3 Å². The standard InChI is InChI=1S/C19H24N2O2/c1-15-13-20-10-7-18(15)21-11-8-17(9-12-21)23-14-16-5-3-4-6-19(16)22-2/h3-7,10,13,17H,8-9,11-12,14H2,1-2H3. The molecule has 1 aliphatic heterocycles. The highest BCUT2D eigenvalue weighted by Crippen LogP contribution is 2.25. The first-order chi connectivity index (χ1) is 11.3. The van der Waals surface area contributed by atoms with Crippen molar-refractivity contribution in [1.29, 1.82) is 0 Å². The summed E-state index contributed by atoms with van der Waals surface area (Å²) < 4.78 is 11.5. The highest BCUT2D eigenvalue weighted by atomic mass is 16.5. The molecule has 0 unspecified atom stereocenters. The second-order valence-corrected chi connectivity index (χ2v) is 5.97. The molecule has 4 nitrogen and oxygen atoms in total. The van der Waals surface area contributed by atoms with Crippen LogP contribution in [0.4, 0.5) is 5.69 Å². The largest absolute Gasteiger partial charge is 0.496 e. The number of anilines is 1. The predicted octanol–water partition coefficient (Wildman–Crippen LogP) is 3.58. The Balaban J connectivity index is 1.53. The van der Waals surface area contributed by atoms with Crippen LogP contribution in [0.2, 0.25) is 0 Å². The van der Waals surface area contributed by atoms with Gasteiger partial charge in [0.2, 0.25) is 0 Å². The molecule has 2 heterocycles. The van der Waals surface area contributed by atoms with Crippen LogP contribution < -0.4 is 9.64 Å². The molecule has 4 heteroatoms. The summed E-state index contributed by atoms with van der Waals surface area (Å²) in [5.74, 6) is 0.900. The molecule has 1 aromatic heterocycles. The fourth-order valence-electron chi connectivity index (χ4n) is 3.11. The third-order valence-corrected chi connectivity index (χ3v) is 4.44. The first-order valence-electron chi connectivity index (χ1n) is 8.17. The Hall–Kier alpha value is -2.07. The van der Waals surface area contributed by atoms with Gasteiger partial charge < -0.3 is 14.4 Å². The Labute approximate surface area is 138 Å². The summed E-state index contributed by atoms with van der Waals surface area (Å²) in [4.78, 5) is 6.60. The van der Waals surface area contributed by atoms with Crippen molar-refractivity contribution in [1.82, 2.24) is 4.98 Å². The maximum atomic E-state index is 6.11. The van der Waals surface area contributed by atoms with Gasteiger partial charge in [-0.05, 0) is 37.5 Å². The molecule has 1 fully saturated rings. The maximum Gasteiger partial charge on any atom is 0.124 e. The van der Waals surface area contributed by atoms with Crippen LogP contribution in [-0.2, 0) is 11.3 Å². The number of rotatable bonds is 5. The number of ether oxygens (including phenoxy) is 2. The van der Waals surface area contributed by atoms with E-state index in [0.29, 0.717) is 12.7 Å². The van der Waals surface area contributed by atoms with Gasteiger partial charge in [-0.2, -0.15) is 0 Å². The summed E-state index contributed by atoms with van der Waals surface area (Å²) in [5, 5.41) is 0. The number of hydrogen-bond donors (Lipinski definition) is 0. The Morgan fingerprint density at radius 1 is 1.17 bits per heavy atom. The molecule has 0 spiro atoms. The molecule has 122 valence electrons. The summed E-state index contributed by atoms with van der Waals surface area (Å²) in [6, 6.07) is 10.2. The maximum absolute atomic E-state index is 6.11. The summed E-state index contributed by atoms with van der Waals surface area (Å²) in [7, 11) is 1.70. The van der Waals surface area contributed by atoms with Crippen molar-refractivity contribution in [2.75, 3.05) is 25.1 Å². The van der Waals surface area contributed by atoms with Crippen LogP contribution >= 0.6 is 0 Å². The number of pyridine rings is 1. The van der Waals surface area contributed by atoms with E-state index in [1.54, 1.807) is 7.11 Å². The normalized spacial score (nSPS) is 15.7. The van der Waals surface area contributed by atoms with Crippen LogP contribution in [0, 0.1) is 6.92 Å². The molecule has 3 rings (SSSR count). The number of benzene rings is 1. The zero-order valence-corrected chi connectivity index (χ0v) is 13.9. The third kappa shape index (κ3) is 3.82. The Morgan fingerprint density at radius 3 is 2.70 bits per heavy atom. The zero-order valence-electron chi connectivity index (χ0n) is 13.9. The number of piperidine rings is 1. The van der Waals surface area contributed by atoms with Gasteiger partial charge in [0.25, 0.3) is 0 Å².